The second-order valence-electron chi connectivity index (χ2n) is 7.68. The van der Waals surface area contributed by atoms with E-state index in [0.717, 1.165) is 31.2 Å². The van der Waals surface area contributed by atoms with E-state index >= 15 is 0 Å². The highest BCUT2D eigenvalue weighted by Gasteiger charge is 2.27. The predicted molar refractivity (Wildman–Crippen MR) is 115 cm³/mol. The van der Waals surface area contributed by atoms with Gasteiger partial charge in [0.2, 0.25) is 10.0 Å². The number of fused-ring (bicyclic) bond motifs is 1. The van der Waals surface area contributed by atoms with Crippen molar-refractivity contribution in [3.05, 3.63) is 58.6 Å². The summed E-state index contributed by atoms with van der Waals surface area (Å²) in [6.45, 7) is 2.15. The average molecular weight is 449 g/mol. The molecule has 0 atom stereocenters. The Morgan fingerprint density at radius 1 is 1.00 bits per heavy atom. The largest absolute Gasteiger partial charge is 0.482 e. The zero-order valence-corrected chi connectivity index (χ0v) is 18.3. The van der Waals surface area contributed by atoms with Crippen LogP contribution < -0.4 is 4.74 Å². The van der Waals surface area contributed by atoms with Crippen LogP contribution in [-0.4, -0.2) is 49.8 Å². The van der Waals surface area contributed by atoms with Gasteiger partial charge in [0, 0.05) is 26.2 Å². The normalized spacial score (nSPS) is 17.4. The van der Waals surface area contributed by atoms with Crippen LogP contribution in [0.15, 0.2) is 47.4 Å². The van der Waals surface area contributed by atoms with Gasteiger partial charge in [0.1, 0.15) is 5.75 Å². The third-order valence-corrected chi connectivity index (χ3v) is 7.88. The van der Waals surface area contributed by atoms with E-state index in [1.165, 1.54) is 28.1 Å². The smallest absolute Gasteiger partial charge is 0.260 e. The van der Waals surface area contributed by atoms with Crippen molar-refractivity contribution < 1.29 is 17.9 Å². The van der Waals surface area contributed by atoms with Crippen LogP contribution in [0.25, 0.3) is 0 Å². The standard InChI is InChI=1S/C22H25ClN2O4S/c23-20-14-19(30(27,28)25-11-4-1-5-12-25)8-9-21(20)29-16-22(26)24-13-10-17-6-2-3-7-18(17)15-24/h2-3,6-9,14H,1,4-5,10-13,15-16H2. The number of benzene rings is 2. The first-order valence-electron chi connectivity index (χ1n) is 10.2. The van der Waals surface area contributed by atoms with Gasteiger partial charge >= 0.3 is 0 Å². The maximum Gasteiger partial charge on any atom is 0.260 e. The molecular weight excluding hydrogens is 424 g/mol. The van der Waals surface area contributed by atoms with Gasteiger partial charge in [-0.15, -0.1) is 0 Å². The summed E-state index contributed by atoms with van der Waals surface area (Å²) in [7, 11) is -3.56. The highest BCUT2D eigenvalue weighted by molar-refractivity contribution is 7.89. The molecule has 0 bridgehead atoms. The van der Waals surface area contributed by atoms with Crippen molar-refractivity contribution in [2.45, 2.75) is 37.1 Å². The summed E-state index contributed by atoms with van der Waals surface area (Å²) >= 11 is 6.28. The quantitative estimate of drug-likeness (QED) is 0.702. The molecular formula is C22H25ClN2O4S. The maximum atomic E-state index is 12.8. The monoisotopic (exact) mass is 448 g/mol. The number of ether oxygens (including phenoxy) is 1. The van der Waals surface area contributed by atoms with Gasteiger partial charge in [0.05, 0.1) is 9.92 Å². The van der Waals surface area contributed by atoms with Crippen molar-refractivity contribution in [3.8, 4) is 5.75 Å². The second kappa shape index (κ2) is 8.96. The molecule has 0 aliphatic carbocycles. The molecule has 0 spiro atoms. The fraction of sp³-hybridized carbons (Fsp3) is 0.409. The van der Waals surface area contributed by atoms with Crippen molar-refractivity contribution >= 4 is 27.5 Å². The SMILES string of the molecule is O=C(COc1ccc(S(=O)(=O)N2CCCCC2)cc1Cl)N1CCc2ccccc2C1. The van der Waals surface area contributed by atoms with E-state index in [9.17, 15) is 13.2 Å². The fourth-order valence-corrected chi connectivity index (χ4v) is 5.80. The van der Waals surface area contributed by atoms with Crippen molar-refractivity contribution in [3.63, 3.8) is 0 Å². The second-order valence-corrected chi connectivity index (χ2v) is 10.0. The van der Waals surface area contributed by atoms with Crippen molar-refractivity contribution in [2.24, 2.45) is 0 Å². The molecule has 1 saturated heterocycles. The summed E-state index contributed by atoms with van der Waals surface area (Å²) in [4.78, 5) is 14.5. The molecule has 0 saturated carbocycles. The summed E-state index contributed by atoms with van der Waals surface area (Å²) in [6.07, 6.45) is 3.62. The number of rotatable bonds is 5. The summed E-state index contributed by atoms with van der Waals surface area (Å²) in [5.74, 6) is 0.186. The number of carbonyl (C=O) groups excluding carboxylic acids is 1. The zero-order chi connectivity index (χ0) is 21.1. The minimum atomic E-state index is -3.56. The van der Waals surface area contributed by atoms with Gasteiger partial charge in [0.15, 0.2) is 6.61 Å². The van der Waals surface area contributed by atoms with Crippen LogP contribution in [0, 0.1) is 0 Å². The van der Waals surface area contributed by atoms with E-state index < -0.39 is 10.0 Å². The molecule has 4 rings (SSSR count). The lowest BCUT2D eigenvalue weighted by molar-refractivity contribution is -0.134. The maximum absolute atomic E-state index is 12.8. The molecule has 1 fully saturated rings. The first-order chi connectivity index (χ1) is 14.4. The summed E-state index contributed by atoms with van der Waals surface area (Å²) in [5, 5.41) is 0.185. The van der Waals surface area contributed by atoms with E-state index in [2.05, 4.69) is 6.07 Å². The fourth-order valence-electron chi connectivity index (χ4n) is 3.95. The van der Waals surface area contributed by atoms with E-state index in [0.29, 0.717) is 31.9 Å². The third-order valence-electron chi connectivity index (χ3n) is 5.69. The molecule has 0 radical (unpaired) electrons. The van der Waals surface area contributed by atoms with E-state index in [4.69, 9.17) is 16.3 Å². The average Bonchev–Trinajstić information content (AvgIpc) is 2.78. The van der Waals surface area contributed by atoms with E-state index in [-0.39, 0.29) is 22.4 Å². The predicted octanol–water partition coefficient (Wildman–Crippen LogP) is 3.48. The molecule has 2 aliphatic heterocycles. The minimum Gasteiger partial charge on any atom is -0.482 e. The Balaban J connectivity index is 1.39. The van der Waals surface area contributed by atoms with Crippen molar-refractivity contribution in [1.29, 1.82) is 0 Å². The lowest BCUT2D eigenvalue weighted by Crippen LogP contribution is -2.38. The number of hydrogen-bond donors (Lipinski definition) is 0. The van der Waals surface area contributed by atoms with E-state index in [1.54, 1.807) is 4.90 Å². The number of halogens is 1. The molecule has 2 aliphatic rings. The number of nitrogens with zero attached hydrogens (tertiary/aromatic N) is 2. The Morgan fingerprint density at radius 2 is 1.73 bits per heavy atom. The molecule has 2 heterocycles. The first kappa shape index (κ1) is 21.2. The Bertz CT molecular complexity index is 1040. The minimum absolute atomic E-state index is 0.120. The van der Waals surface area contributed by atoms with Gasteiger partial charge in [-0.2, -0.15) is 4.31 Å². The molecule has 2 aromatic carbocycles. The van der Waals surface area contributed by atoms with Crippen molar-refractivity contribution in [1.82, 2.24) is 9.21 Å². The number of piperidine rings is 1. The Hall–Kier alpha value is -2.09. The topological polar surface area (TPSA) is 66.9 Å². The lowest BCUT2D eigenvalue weighted by Gasteiger charge is -2.29. The van der Waals surface area contributed by atoms with Gasteiger partial charge in [-0.1, -0.05) is 42.3 Å². The van der Waals surface area contributed by atoms with Gasteiger partial charge < -0.3 is 9.64 Å². The van der Waals surface area contributed by atoms with Gasteiger partial charge in [-0.05, 0) is 48.6 Å². The van der Waals surface area contributed by atoms with Crippen molar-refractivity contribution in [2.75, 3.05) is 26.2 Å². The van der Waals surface area contributed by atoms with Crippen LogP contribution >= 0.6 is 11.6 Å². The van der Waals surface area contributed by atoms with Crippen LogP contribution in [0.4, 0.5) is 0 Å². The molecule has 1 amide bonds. The van der Waals surface area contributed by atoms with Crippen LogP contribution in [0.1, 0.15) is 30.4 Å². The van der Waals surface area contributed by atoms with Crippen LogP contribution in [0.5, 0.6) is 5.75 Å². The van der Waals surface area contributed by atoms with Gasteiger partial charge in [0.25, 0.3) is 5.91 Å². The van der Waals surface area contributed by atoms with Gasteiger partial charge in [-0.3, -0.25) is 4.79 Å². The van der Waals surface area contributed by atoms with E-state index in [1.807, 2.05) is 18.2 Å². The molecule has 6 nitrogen and oxygen atoms in total. The molecule has 0 N–H and O–H groups in total. The van der Waals surface area contributed by atoms with Crippen LogP contribution in [0.2, 0.25) is 5.02 Å². The molecule has 0 aromatic heterocycles. The zero-order valence-electron chi connectivity index (χ0n) is 16.7. The summed E-state index contributed by atoms with van der Waals surface area (Å²) < 4.78 is 32.7. The third kappa shape index (κ3) is 4.48. The van der Waals surface area contributed by atoms with Gasteiger partial charge in [-0.25, -0.2) is 8.42 Å². The Kier molecular flexibility index (Phi) is 6.32. The molecule has 8 heteroatoms. The number of amides is 1. The molecule has 2 aromatic rings. The molecule has 0 unspecified atom stereocenters. The molecule has 160 valence electrons. The first-order valence-corrected chi connectivity index (χ1v) is 12.0. The highest BCUT2D eigenvalue weighted by atomic mass is 35.5. The number of carbonyl (C=O) groups is 1. The number of sulfonamides is 1. The lowest BCUT2D eigenvalue weighted by atomic mass is 10.00. The summed E-state index contributed by atoms with van der Waals surface area (Å²) in [5.41, 5.74) is 2.43. The Labute approximate surface area is 182 Å². The number of hydrogen-bond acceptors (Lipinski definition) is 4. The Morgan fingerprint density at radius 3 is 2.47 bits per heavy atom. The molecule has 30 heavy (non-hydrogen) atoms. The summed E-state index contributed by atoms with van der Waals surface area (Å²) in [6, 6.07) is 12.5. The van der Waals surface area contributed by atoms with Crippen LogP contribution in [0.3, 0.4) is 0 Å². The van der Waals surface area contributed by atoms with Crippen LogP contribution in [-0.2, 0) is 27.8 Å². The highest BCUT2D eigenvalue weighted by Crippen LogP contribution is 2.30.